The lowest BCUT2D eigenvalue weighted by Crippen LogP contribution is -1.88. The largest absolute Gasteiger partial charge is 0.421 e. The van der Waals surface area contributed by atoms with Crippen molar-refractivity contribution in [3.63, 3.8) is 0 Å². The summed E-state index contributed by atoms with van der Waals surface area (Å²) >= 11 is 0. The molecule has 0 radical (unpaired) electrons. The van der Waals surface area contributed by atoms with Crippen LogP contribution < -0.4 is 0 Å². The van der Waals surface area contributed by atoms with Gasteiger partial charge in [0.2, 0.25) is 11.8 Å². The summed E-state index contributed by atoms with van der Waals surface area (Å²) in [4.78, 5) is 0. The van der Waals surface area contributed by atoms with E-state index in [-0.39, 0.29) is 0 Å². The smallest absolute Gasteiger partial charge is 0.247 e. The number of rotatable bonds is 3. The molecular formula is C20H24N2O. The molecule has 0 atom stereocenters. The SMILES string of the molecule is CC.Cc1nnc(-c2ccc(-c3cccc(C(C)C)c3)cc2)o1. The zero-order valence-corrected chi connectivity index (χ0v) is 14.5. The van der Waals surface area contributed by atoms with Gasteiger partial charge >= 0.3 is 0 Å². The number of hydrogen-bond donors (Lipinski definition) is 0. The molecule has 0 aliphatic carbocycles. The van der Waals surface area contributed by atoms with Gasteiger partial charge in [0.15, 0.2) is 0 Å². The first-order valence-electron chi connectivity index (χ1n) is 8.14. The Hall–Kier alpha value is -2.42. The quantitative estimate of drug-likeness (QED) is 0.608. The molecule has 1 aromatic heterocycles. The number of benzene rings is 2. The van der Waals surface area contributed by atoms with E-state index in [9.17, 15) is 0 Å². The number of nitrogens with zero attached hydrogens (tertiary/aromatic N) is 2. The van der Waals surface area contributed by atoms with E-state index in [1.54, 1.807) is 6.92 Å². The van der Waals surface area contributed by atoms with Crippen LogP contribution in [0, 0.1) is 6.92 Å². The van der Waals surface area contributed by atoms with Gasteiger partial charge in [-0.3, -0.25) is 0 Å². The molecule has 3 aromatic rings. The highest BCUT2D eigenvalue weighted by Crippen LogP contribution is 2.26. The molecule has 0 aliphatic rings. The van der Waals surface area contributed by atoms with E-state index in [1.807, 2.05) is 26.0 Å². The van der Waals surface area contributed by atoms with Crippen molar-refractivity contribution >= 4 is 0 Å². The van der Waals surface area contributed by atoms with Gasteiger partial charge in [0.05, 0.1) is 0 Å². The summed E-state index contributed by atoms with van der Waals surface area (Å²) in [6.45, 7) is 10.2. The third kappa shape index (κ3) is 4.07. The normalized spacial score (nSPS) is 10.3. The van der Waals surface area contributed by atoms with Crippen LogP contribution in [-0.2, 0) is 0 Å². The number of hydrogen-bond acceptors (Lipinski definition) is 3. The van der Waals surface area contributed by atoms with Gasteiger partial charge in [-0.15, -0.1) is 10.2 Å². The van der Waals surface area contributed by atoms with Crippen molar-refractivity contribution in [2.24, 2.45) is 0 Å². The first-order chi connectivity index (χ1) is 11.1. The highest BCUT2D eigenvalue weighted by molar-refractivity contribution is 5.67. The fourth-order valence-corrected chi connectivity index (χ4v) is 2.30. The van der Waals surface area contributed by atoms with E-state index in [1.165, 1.54) is 16.7 Å². The summed E-state index contributed by atoms with van der Waals surface area (Å²) in [6.07, 6.45) is 0. The third-order valence-electron chi connectivity index (χ3n) is 3.54. The Balaban J connectivity index is 0.000000924. The summed E-state index contributed by atoms with van der Waals surface area (Å²) < 4.78 is 5.44. The van der Waals surface area contributed by atoms with Gasteiger partial charge in [-0.05, 0) is 34.7 Å². The molecule has 0 bridgehead atoms. The maximum atomic E-state index is 5.44. The summed E-state index contributed by atoms with van der Waals surface area (Å²) in [6, 6.07) is 16.9. The number of aromatic nitrogens is 2. The van der Waals surface area contributed by atoms with Gasteiger partial charge in [-0.25, -0.2) is 0 Å². The molecule has 1 heterocycles. The van der Waals surface area contributed by atoms with E-state index >= 15 is 0 Å². The first kappa shape index (κ1) is 16.9. The summed E-state index contributed by atoms with van der Waals surface area (Å²) in [5.74, 6) is 1.68. The van der Waals surface area contributed by atoms with Gasteiger partial charge in [-0.1, -0.05) is 64.1 Å². The molecule has 23 heavy (non-hydrogen) atoms. The molecule has 0 spiro atoms. The highest BCUT2D eigenvalue weighted by Gasteiger charge is 2.07. The maximum Gasteiger partial charge on any atom is 0.247 e. The molecule has 0 saturated heterocycles. The average Bonchev–Trinajstić information content (AvgIpc) is 3.03. The van der Waals surface area contributed by atoms with Crippen LogP contribution in [0.25, 0.3) is 22.6 Å². The van der Waals surface area contributed by atoms with Crippen LogP contribution in [0.15, 0.2) is 52.9 Å². The minimum Gasteiger partial charge on any atom is -0.421 e. The molecule has 2 aromatic carbocycles. The average molecular weight is 308 g/mol. The van der Waals surface area contributed by atoms with Crippen LogP contribution in [0.1, 0.15) is 45.1 Å². The lowest BCUT2D eigenvalue weighted by atomic mass is 9.97. The maximum absolute atomic E-state index is 5.44. The van der Waals surface area contributed by atoms with Gasteiger partial charge in [0.1, 0.15) is 0 Å². The van der Waals surface area contributed by atoms with Crippen molar-refractivity contribution < 1.29 is 4.42 Å². The van der Waals surface area contributed by atoms with Crippen molar-refractivity contribution in [1.29, 1.82) is 0 Å². The van der Waals surface area contributed by atoms with E-state index in [4.69, 9.17) is 4.42 Å². The Morgan fingerprint density at radius 3 is 2.04 bits per heavy atom. The fraction of sp³-hybridized carbons (Fsp3) is 0.300. The van der Waals surface area contributed by atoms with Gasteiger partial charge in [0, 0.05) is 12.5 Å². The van der Waals surface area contributed by atoms with Crippen molar-refractivity contribution in [3.8, 4) is 22.6 Å². The standard InChI is InChI=1S/C18H18N2O.C2H6/c1-12(2)16-5-4-6-17(11-16)14-7-9-15(10-8-14)18-20-19-13(3)21-18;1-2/h4-12H,1-3H3;1-2H3. The van der Waals surface area contributed by atoms with Crippen molar-refractivity contribution in [1.82, 2.24) is 10.2 Å². The molecule has 120 valence electrons. The van der Waals surface area contributed by atoms with Crippen LogP contribution in [0.2, 0.25) is 0 Å². The zero-order chi connectivity index (χ0) is 16.8. The Kier molecular flexibility index (Phi) is 5.69. The monoisotopic (exact) mass is 308 g/mol. The second-order valence-electron chi connectivity index (χ2n) is 5.48. The molecule has 3 heteroatoms. The highest BCUT2D eigenvalue weighted by atomic mass is 16.4. The Labute approximate surface area is 138 Å². The lowest BCUT2D eigenvalue weighted by Gasteiger charge is -2.08. The van der Waals surface area contributed by atoms with E-state index in [2.05, 4.69) is 60.4 Å². The molecule has 0 amide bonds. The molecule has 0 aliphatic heterocycles. The van der Waals surface area contributed by atoms with Gasteiger partial charge in [0.25, 0.3) is 0 Å². The summed E-state index contributed by atoms with van der Waals surface area (Å²) in [5, 5.41) is 7.90. The fourth-order valence-electron chi connectivity index (χ4n) is 2.30. The van der Waals surface area contributed by atoms with Crippen LogP contribution in [0.3, 0.4) is 0 Å². The molecule has 3 nitrogen and oxygen atoms in total. The molecule has 0 saturated carbocycles. The predicted octanol–water partition coefficient (Wildman–Crippen LogP) is 5.86. The molecule has 0 unspecified atom stereocenters. The Bertz CT molecular complexity index is 742. The van der Waals surface area contributed by atoms with Crippen LogP contribution >= 0.6 is 0 Å². The second kappa shape index (κ2) is 7.73. The molecular weight excluding hydrogens is 284 g/mol. The molecule has 0 fully saturated rings. The van der Waals surface area contributed by atoms with Gasteiger partial charge in [-0.2, -0.15) is 0 Å². The minimum atomic E-state index is 0.533. The topological polar surface area (TPSA) is 38.9 Å². The van der Waals surface area contributed by atoms with Crippen LogP contribution in [0.5, 0.6) is 0 Å². The first-order valence-corrected chi connectivity index (χ1v) is 8.14. The zero-order valence-electron chi connectivity index (χ0n) is 14.5. The molecule has 3 rings (SSSR count). The van der Waals surface area contributed by atoms with Crippen molar-refractivity contribution in [3.05, 3.63) is 60.0 Å². The summed E-state index contributed by atoms with van der Waals surface area (Å²) in [5.41, 5.74) is 4.72. The van der Waals surface area contributed by atoms with Crippen LogP contribution in [0.4, 0.5) is 0 Å². The van der Waals surface area contributed by atoms with E-state index in [0.29, 0.717) is 17.7 Å². The number of aryl methyl sites for hydroxylation is 1. The Morgan fingerprint density at radius 1 is 0.826 bits per heavy atom. The predicted molar refractivity (Wildman–Crippen MR) is 95.3 cm³/mol. The lowest BCUT2D eigenvalue weighted by molar-refractivity contribution is 0.533. The second-order valence-corrected chi connectivity index (χ2v) is 5.48. The van der Waals surface area contributed by atoms with Crippen molar-refractivity contribution in [2.45, 2.75) is 40.5 Å². The van der Waals surface area contributed by atoms with E-state index < -0.39 is 0 Å². The van der Waals surface area contributed by atoms with E-state index in [0.717, 1.165) is 5.56 Å². The Morgan fingerprint density at radius 2 is 1.48 bits per heavy atom. The minimum absolute atomic E-state index is 0.533. The third-order valence-corrected chi connectivity index (χ3v) is 3.54. The summed E-state index contributed by atoms with van der Waals surface area (Å²) in [7, 11) is 0. The van der Waals surface area contributed by atoms with Crippen LogP contribution in [-0.4, -0.2) is 10.2 Å². The van der Waals surface area contributed by atoms with Gasteiger partial charge < -0.3 is 4.42 Å². The molecule has 0 N–H and O–H groups in total. The van der Waals surface area contributed by atoms with Crippen molar-refractivity contribution in [2.75, 3.05) is 0 Å².